The van der Waals surface area contributed by atoms with Crippen molar-refractivity contribution in [2.75, 3.05) is 5.32 Å². The first-order valence-corrected chi connectivity index (χ1v) is 8.78. The van der Waals surface area contributed by atoms with Gasteiger partial charge in [-0.25, -0.2) is 0 Å². The molecule has 2 aliphatic carbocycles. The van der Waals surface area contributed by atoms with E-state index in [-0.39, 0.29) is 17.9 Å². The van der Waals surface area contributed by atoms with Crippen LogP contribution < -0.4 is 10.6 Å². The van der Waals surface area contributed by atoms with Gasteiger partial charge in [-0.2, -0.15) is 0 Å². The topological polar surface area (TPSA) is 58.2 Å². The third-order valence-corrected chi connectivity index (χ3v) is 5.29. The lowest BCUT2D eigenvalue weighted by atomic mass is 10.0. The number of carbonyl (C=O) groups is 2. The molecular formula is C19H26N2O2. The Morgan fingerprint density at radius 2 is 1.87 bits per heavy atom. The second-order valence-electron chi connectivity index (χ2n) is 6.95. The summed E-state index contributed by atoms with van der Waals surface area (Å²) in [7, 11) is 0. The molecule has 124 valence electrons. The van der Waals surface area contributed by atoms with Crippen molar-refractivity contribution in [3.05, 3.63) is 29.3 Å². The van der Waals surface area contributed by atoms with E-state index in [1.54, 1.807) is 0 Å². The minimum absolute atomic E-state index is 0.0754. The van der Waals surface area contributed by atoms with E-state index in [0.29, 0.717) is 12.8 Å². The van der Waals surface area contributed by atoms with Gasteiger partial charge < -0.3 is 10.6 Å². The van der Waals surface area contributed by atoms with Gasteiger partial charge in [0.05, 0.1) is 0 Å². The highest BCUT2D eigenvalue weighted by Crippen LogP contribution is 2.47. The maximum atomic E-state index is 12.8. The molecule has 3 rings (SSSR count). The molecule has 2 N–H and O–H groups in total. The molecule has 1 aromatic carbocycles. The van der Waals surface area contributed by atoms with Gasteiger partial charge in [-0.3, -0.25) is 9.59 Å². The van der Waals surface area contributed by atoms with Gasteiger partial charge in [-0.05, 0) is 50.2 Å². The monoisotopic (exact) mass is 314 g/mol. The maximum Gasteiger partial charge on any atom is 0.240 e. The Bertz CT molecular complexity index is 614. The number of hydrogen-bond acceptors (Lipinski definition) is 2. The van der Waals surface area contributed by atoms with Crippen molar-refractivity contribution in [3.63, 3.8) is 0 Å². The van der Waals surface area contributed by atoms with Gasteiger partial charge in [-0.15, -0.1) is 0 Å². The van der Waals surface area contributed by atoms with Crippen molar-refractivity contribution in [2.24, 2.45) is 5.41 Å². The van der Waals surface area contributed by atoms with Crippen molar-refractivity contribution in [1.82, 2.24) is 5.32 Å². The standard InChI is InChI=1S/C19H26N2O2/c1-3-14-8-6-7-13(2)16(14)21-18(23)19(11-12-19)17(22)20-15-9-4-5-10-15/h6-8,15H,3-5,9-12H2,1-2H3,(H,20,22)(H,21,23). The summed E-state index contributed by atoms with van der Waals surface area (Å²) in [6.45, 7) is 4.07. The molecular weight excluding hydrogens is 288 g/mol. The number of rotatable bonds is 5. The lowest BCUT2D eigenvalue weighted by Gasteiger charge is -2.20. The van der Waals surface area contributed by atoms with E-state index in [9.17, 15) is 9.59 Å². The molecule has 0 heterocycles. The molecule has 4 heteroatoms. The van der Waals surface area contributed by atoms with Crippen LogP contribution in [0, 0.1) is 12.3 Å². The van der Waals surface area contributed by atoms with Crippen LogP contribution in [0.15, 0.2) is 18.2 Å². The SMILES string of the molecule is CCc1cccc(C)c1NC(=O)C1(C(=O)NC2CCCC2)CC1. The number of nitrogens with one attached hydrogen (secondary N) is 2. The van der Waals surface area contributed by atoms with Crippen LogP contribution in [0.25, 0.3) is 0 Å². The molecule has 1 aromatic rings. The minimum atomic E-state index is -0.837. The van der Waals surface area contributed by atoms with E-state index in [1.165, 1.54) is 12.8 Å². The van der Waals surface area contributed by atoms with Gasteiger partial charge in [0.15, 0.2) is 0 Å². The molecule has 0 saturated heterocycles. The average Bonchev–Trinajstić information content (AvgIpc) is 3.21. The third-order valence-electron chi connectivity index (χ3n) is 5.29. The van der Waals surface area contributed by atoms with Crippen LogP contribution in [0.3, 0.4) is 0 Å². The molecule has 0 atom stereocenters. The predicted molar refractivity (Wildman–Crippen MR) is 91.3 cm³/mol. The van der Waals surface area contributed by atoms with Crippen LogP contribution in [0.4, 0.5) is 5.69 Å². The molecule has 2 saturated carbocycles. The van der Waals surface area contributed by atoms with E-state index in [4.69, 9.17) is 0 Å². The van der Waals surface area contributed by atoms with E-state index < -0.39 is 5.41 Å². The Hall–Kier alpha value is -1.84. The third kappa shape index (κ3) is 3.12. The zero-order chi connectivity index (χ0) is 16.4. The lowest BCUT2D eigenvalue weighted by Crippen LogP contribution is -2.43. The first-order chi connectivity index (χ1) is 11.1. The minimum Gasteiger partial charge on any atom is -0.352 e. The Morgan fingerprint density at radius 1 is 1.17 bits per heavy atom. The average molecular weight is 314 g/mol. The number of benzene rings is 1. The van der Waals surface area contributed by atoms with Crippen molar-refractivity contribution in [2.45, 2.75) is 64.8 Å². The second-order valence-corrected chi connectivity index (χ2v) is 6.95. The summed E-state index contributed by atoms with van der Waals surface area (Å²) in [4.78, 5) is 25.3. The molecule has 0 unspecified atom stereocenters. The van der Waals surface area contributed by atoms with Gasteiger partial charge in [0, 0.05) is 11.7 Å². The first kappa shape index (κ1) is 16.0. The molecule has 0 bridgehead atoms. The molecule has 2 aliphatic rings. The van der Waals surface area contributed by atoms with E-state index >= 15 is 0 Å². The van der Waals surface area contributed by atoms with E-state index in [1.807, 2.05) is 25.1 Å². The van der Waals surface area contributed by atoms with Crippen LogP contribution in [0.1, 0.15) is 56.6 Å². The number of para-hydroxylation sites is 1. The van der Waals surface area contributed by atoms with Gasteiger partial charge in [0.1, 0.15) is 5.41 Å². The van der Waals surface area contributed by atoms with Gasteiger partial charge in [0.2, 0.25) is 11.8 Å². The normalized spacial score (nSPS) is 19.4. The van der Waals surface area contributed by atoms with Crippen molar-refractivity contribution < 1.29 is 9.59 Å². The largest absolute Gasteiger partial charge is 0.352 e. The molecule has 2 fully saturated rings. The summed E-state index contributed by atoms with van der Waals surface area (Å²) in [6.07, 6.45) is 6.61. The zero-order valence-electron chi connectivity index (χ0n) is 14.1. The summed E-state index contributed by atoms with van der Waals surface area (Å²) in [5.41, 5.74) is 2.20. The number of hydrogen-bond donors (Lipinski definition) is 2. The molecule has 0 aliphatic heterocycles. The summed E-state index contributed by atoms with van der Waals surface area (Å²) >= 11 is 0. The zero-order valence-corrected chi connectivity index (χ0v) is 14.1. The molecule has 0 radical (unpaired) electrons. The highest BCUT2D eigenvalue weighted by molar-refractivity contribution is 6.13. The van der Waals surface area contributed by atoms with Crippen molar-refractivity contribution >= 4 is 17.5 Å². The second kappa shape index (κ2) is 6.34. The van der Waals surface area contributed by atoms with E-state index in [0.717, 1.165) is 36.1 Å². The number of anilines is 1. The highest BCUT2D eigenvalue weighted by Gasteiger charge is 2.57. The molecule has 4 nitrogen and oxygen atoms in total. The maximum absolute atomic E-state index is 12.8. The smallest absolute Gasteiger partial charge is 0.240 e. The molecule has 0 spiro atoms. The fourth-order valence-electron chi connectivity index (χ4n) is 3.51. The number of carbonyl (C=O) groups excluding carboxylic acids is 2. The van der Waals surface area contributed by atoms with Gasteiger partial charge in [0.25, 0.3) is 0 Å². The lowest BCUT2D eigenvalue weighted by molar-refractivity contribution is -0.134. The summed E-state index contributed by atoms with van der Waals surface area (Å²) in [5.74, 6) is -0.217. The van der Waals surface area contributed by atoms with E-state index in [2.05, 4.69) is 17.6 Å². The molecule has 2 amide bonds. The van der Waals surface area contributed by atoms with Crippen LogP contribution in [-0.2, 0) is 16.0 Å². The Morgan fingerprint density at radius 3 is 2.48 bits per heavy atom. The van der Waals surface area contributed by atoms with Crippen LogP contribution >= 0.6 is 0 Å². The Labute approximate surface area is 138 Å². The van der Waals surface area contributed by atoms with Gasteiger partial charge >= 0.3 is 0 Å². The van der Waals surface area contributed by atoms with Crippen LogP contribution in [-0.4, -0.2) is 17.9 Å². The number of amides is 2. The molecule has 23 heavy (non-hydrogen) atoms. The van der Waals surface area contributed by atoms with Crippen molar-refractivity contribution in [3.8, 4) is 0 Å². The van der Waals surface area contributed by atoms with Crippen LogP contribution in [0.2, 0.25) is 0 Å². The van der Waals surface area contributed by atoms with Gasteiger partial charge in [-0.1, -0.05) is 38.0 Å². The fraction of sp³-hybridized carbons (Fsp3) is 0.579. The fourth-order valence-corrected chi connectivity index (χ4v) is 3.51. The quantitative estimate of drug-likeness (QED) is 0.819. The summed E-state index contributed by atoms with van der Waals surface area (Å²) in [6, 6.07) is 6.29. The Kier molecular flexibility index (Phi) is 4.42. The molecule has 0 aromatic heterocycles. The highest BCUT2D eigenvalue weighted by atomic mass is 16.2. The predicted octanol–water partition coefficient (Wildman–Crippen LogP) is 3.33. The Balaban J connectivity index is 1.71. The first-order valence-electron chi connectivity index (χ1n) is 8.78. The summed E-state index contributed by atoms with van der Waals surface area (Å²) in [5, 5.41) is 6.13. The summed E-state index contributed by atoms with van der Waals surface area (Å²) < 4.78 is 0. The number of aryl methyl sites for hydroxylation is 2. The van der Waals surface area contributed by atoms with Crippen molar-refractivity contribution in [1.29, 1.82) is 0 Å². The van der Waals surface area contributed by atoms with Crippen LogP contribution in [0.5, 0.6) is 0 Å².